The van der Waals surface area contributed by atoms with Gasteiger partial charge in [-0.2, -0.15) is 0 Å². The lowest BCUT2D eigenvalue weighted by molar-refractivity contribution is 1.19. The second kappa shape index (κ2) is 8.36. The minimum atomic E-state index is -2.04. The highest BCUT2D eigenvalue weighted by Gasteiger charge is 2.42. The monoisotopic (exact) mass is 468 g/mol. The number of allylic oxidation sites excluding steroid dienone is 2. The molecule has 0 fully saturated rings. The van der Waals surface area contributed by atoms with E-state index in [0.29, 0.717) is 0 Å². The van der Waals surface area contributed by atoms with Gasteiger partial charge in [0.1, 0.15) is 8.07 Å². The third-order valence-electron chi connectivity index (χ3n) is 7.99. The summed E-state index contributed by atoms with van der Waals surface area (Å²) >= 11 is 0. The Kier molecular flexibility index (Phi) is 5.27. The first-order valence-corrected chi connectivity index (χ1v) is 15.7. The molecule has 0 nitrogen and oxygen atoms in total. The Labute approximate surface area is 210 Å². The molecule has 0 saturated carbocycles. The number of benzene rings is 4. The summed E-state index contributed by atoms with van der Waals surface area (Å²) in [5.74, 6) is 0. The highest BCUT2D eigenvalue weighted by atomic mass is 28.3. The summed E-state index contributed by atoms with van der Waals surface area (Å²) in [5.41, 5.74) is 14.6. The van der Waals surface area contributed by atoms with Crippen molar-refractivity contribution in [3.8, 4) is 22.3 Å². The van der Waals surface area contributed by atoms with E-state index in [4.69, 9.17) is 0 Å². The molecule has 35 heavy (non-hydrogen) atoms. The predicted octanol–water partition coefficient (Wildman–Crippen LogP) is 9.17. The molecule has 4 aromatic rings. The van der Waals surface area contributed by atoms with E-state index in [1.54, 1.807) is 21.5 Å². The molecule has 1 heteroatoms. The van der Waals surface area contributed by atoms with Crippen molar-refractivity contribution in [3.63, 3.8) is 0 Å². The SMILES string of the molecule is CC1=C([Si](C)(C)C2=C(C)Cc3cccc(-c4ccccc4)c32)c2c(cccc2-c2ccccc2)C1. The molecule has 0 radical (unpaired) electrons. The Bertz CT molecular complexity index is 1390. The summed E-state index contributed by atoms with van der Waals surface area (Å²) in [5, 5.41) is 3.30. The summed E-state index contributed by atoms with van der Waals surface area (Å²) in [4.78, 5) is 0. The van der Waals surface area contributed by atoms with Crippen LogP contribution in [0.15, 0.2) is 108 Å². The van der Waals surface area contributed by atoms with Gasteiger partial charge in [-0.15, -0.1) is 0 Å². The summed E-state index contributed by atoms with van der Waals surface area (Å²) in [6, 6.07) is 35.8. The fourth-order valence-electron chi connectivity index (χ4n) is 6.79. The van der Waals surface area contributed by atoms with E-state index in [0.717, 1.165) is 12.8 Å². The van der Waals surface area contributed by atoms with Crippen LogP contribution in [0.4, 0.5) is 0 Å². The van der Waals surface area contributed by atoms with E-state index in [2.05, 4.69) is 124 Å². The fraction of sp³-hybridized carbons (Fsp3) is 0.176. The van der Waals surface area contributed by atoms with Gasteiger partial charge in [-0.25, -0.2) is 0 Å². The minimum Gasteiger partial charge on any atom is -0.0686 e. The van der Waals surface area contributed by atoms with E-state index in [1.807, 2.05) is 0 Å². The molecule has 0 atom stereocenters. The molecule has 0 aliphatic heterocycles. The molecule has 2 aliphatic rings. The van der Waals surface area contributed by atoms with Crippen LogP contribution in [0.5, 0.6) is 0 Å². The summed E-state index contributed by atoms with van der Waals surface area (Å²) in [7, 11) is -2.04. The second-order valence-electron chi connectivity index (χ2n) is 10.7. The molecule has 0 heterocycles. The molecule has 0 spiro atoms. The Balaban J connectivity index is 1.56. The van der Waals surface area contributed by atoms with Crippen LogP contribution in [0.1, 0.15) is 36.1 Å². The summed E-state index contributed by atoms with van der Waals surface area (Å²) < 4.78 is 0. The fourth-order valence-corrected chi connectivity index (χ4v) is 11.2. The van der Waals surface area contributed by atoms with Gasteiger partial charge >= 0.3 is 0 Å². The van der Waals surface area contributed by atoms with Gasteiger partial charge in [0.05, 0.1) is 0 Å². The minimum absolute atomic E-state index is 1.07. The van der Waals surface area contributed by atoms with Gasteiger partial charge in [0.2, 0.25) is 0 Å². The lowest BCUT2D eigenvalue weighted by Gasteiger charge is -2.32. The third-order valence-corrected chi connectivity index (χ3v) is 11.8. The van der Waals surface area contributed by atoms with Crippen molar-refractivity contribution in [2.24, 2.45) is 0 Å². The zero-order valence-corrected chi connectivity index (χ0v) is 22.2. The Hall–Kier alpha value is -3.42. The van der Waals surface area contributed by atoms with Crippen molar-refractivity contribution in [3.05, 3.63) is 130 Å². The van der Waals surface area contributed by atoms with Crippen LogP contribution >= 0.6 is 0 Å². The van der Waals surface area contributed by atoms with Gasteiger partial charge < -0.3 is 0 Å². The van der Waals surface area contributed by atoms with Gasteiger partial charge in [0.15, 0.2) is 0 Å². The maximum absolute atomic E-state index is 2.60. The summed E-state index contributed by atoms with van der Waals surface area (Å²) in [6.45, 7) is 9.96. The molecule has 0 saturated heterocycles. The van der Waals surface area contributed by atoms with E-state index in [-0.39, 0.29) is 0 Å². The number of fused-ring (bicyclic) bond motifs is 2. The van der Waals surface area contributed by atoms with E-state index >= 15 is 0 Å². The topological polar surface area (TPSA) is 0 Å². The predicted molar refractivity (Wildman–Crippen MR) is 154 cm³/mol. The van der Waals surface area contributed by atoms with E-state index in [9.17, 15) is 0 Å². The average molecular weight is 469 g/mol. The highest BCUT2D eigenvalue weighted by molar-refractivity contribution is 7.09. The molecule has 2 aliphatic carbocycles. The zero-order valence-electron chi connectivity index (χ0n) is 21.2. The Morgan fingerprint density at radius 2 is 0.886 bits per heavy atom. The van der Waals surface area contributed by atoms with Gasteiger partial charge in [-0.1, -0.05) is 121 Å². The molecule has 0 bridgehead atoms. The lowest BCUT2D eigenvalue weighted by Crippen LogP contribution is -2.31. The largest absolute Gasteiger partial charge is 0.113 e. The van der Waals surface area contributed by atoms with Crippen LogP contribution < -0.4 is 0 Å². The zero-order chi connectivity index (χ0) is 24.2. The van der Waals surface area contributed by atoms with Crippen LogP contribution in [0.25, 0.3) is 32.6 Å². The summed E-state index contributed by atoms with van der Waals surface area (Å²) in [6.07, 6.45) is 2.14. The molecule has 6 rings (SSSR count). The van der Waals surface area contributed by atoms with Crippen molar-refractivity contribution in [2.45, 2.75) is 39.8 Å². The highest BCUT2D eigenvalue weighted by Crippen LogP contribution is 2.52. The first-order valence-electron chi connectivity index (χ1n) is 12.7. The maximum Gasteiger partial charge on any atom is 0.113 e. The molecule has 0 amide bonds. The first-order chi connectivity index (χ1) is 17.0. The van der Waals surface area contributed by atoms with Gasteiger partial charge in [0, 0.05) is 0 Å². The van der Waals surface area contributed by atoms with Gasteiger partial charge in [-0.05, 0) is 81.6 Å². The van der Waals surface area contributed by atoms with Crippen molar-refractivity contribution in [1.29, 1.82) is 0 Å². The Morgan fingerprint density at radius 1 is 0.486 bits per heavy atom. The molecular weight excluding hydrogens is 436 g/mol. The molecule has 172 valence electrons. The molecule has 0 N–H and O–H groups in total. The normalized spacial score (nSPS) is 15.0. The quantitative estimate of drug-likeness (QED) is 0.262. The smallest absolute Gasteiger partial charge is 0.0686 e. The first kappa shape index (κ1) is 22.1. The standard InChI is InChI=1S/C34H32Si/c1-23-21-27-17-11-19-29(25-13-7-5-8-14-25)31(27)33(23)35(3,4)34-24(2)22-28-18-12-20-30(32(28)34)26-15-9-6-10-16-26/h5-20H,21-22H2,1-4H3. The van der Waals surface area contributed by atoms with Crippen molar-refractivity contribution >= 4 is 18.5 Å². The van der Waals surface area contributed by atoms with Crippen molar-refractivity contribution < 1.29 is 0 Å². The average Bonchev–Trinajstić information content (AvgIpc) is 3.41. The van der Waals surface area contributed by atoms with Gasteiger partial charge in [0.25, 0.3) is 0 Å². The maximum atomic E-state index is 2.60. The number of hydrogen-bond donors (Lipinski definition) is 0. The van der Waals surface area contributed by atoms with Crippen molar-refractivity contribution in [1.82, 2.24) is 0 Å². The third kappa shape index (κ3) is 3.49. The lowest BCUT2D eigenvalue weighted by atomic mass is 9.97. The van der Waals surface area contributed by atoms with Crippen LogP contribution in [0.3, 0.4) is 0 Å². The van der Waals surface area contributed by atoms with E-state index < -0.39 is 8.07 Å². The Morgan fingerprint density at radius 3 is 1.29 bits per heavy atom. The number of hydrogen-bond acceptors (Lipinski definition) is 0. The number of rotatable bonds is 4. The van der Waals surface area contributed by atoms with Crippen LogP contribution in [0, 0.1) is 0 Å². The molecule has 4 aromatic carbocycles. The van der Waals surface area contributed by atoms with Crippen LogP contribution in [-0.2, 0) is 12.8 Å². The molecule has 0 aromatic heterocycles. The molecule has 0 unspecified atom stereocenters. The van der Waals surface area contributed by atoms with Crippen LogP contribution in [0.2, 0.25) is 13.1 Å². The van der Waals surface area contributed by atoms with Gasteiger partial charge in [-0.3, -0.25) is 0 Å². The van der Waals surface area contributed by atoms with E-state index in [1.165, 1.54) is 44.5 Å². The molecular formula is C34H32Si. The van der Waals surface area contributed by atoms with Crippen LogP contribution in [-0.4, -0.2) is 8.07 Å². The second-order valence-corrected chi connectivity index (χ2v) is 15.0. The van der Waals surface area contributed by atoms with Crippen molar-refractivity contribution in [2.75, 3.05) is 0 Å².